The normalized spacial score (nSPS) is 21.4. The zero-order valence-corrected chi connectivity index (χ0v) is 12.6. The first kappa shape index (κ1) is 14.5. The van der Waals surface area contributed by atoms with E-state index in [4.69, 9.17) is 10.5 Å². The van der Waals surface area contributed by atoms with Crippen molar-refractivity contribution in [1.82, 2.24) is 0 Å². The molecule has 2 nitrogen and oxygen atoms in total. The maximum Gasteiger partial charge on any atom is 0.0774 e. The van der Waals surface area contributed by atoms with E-state index >= 15 is 0 Å². The molecule has 3 atom stereocenters. The van der Waals surface area contributed by atoms with Gasteiger partial charge in [-0.3, -0.25) is 0 Å². The Balaban J connectivity index is 1.99. The van der Waals surface area contributed by atoms with Gasteiger partial charge in [-0.2, -0.15) is 0 Å². The smallest absolute Gasteiger partial charge is 0.0774 e. The van der Waals surface area contributed by atoms with Gasteiger partial charge in [-0.1, -0.05) is 45.0 Å². The minimum atomic E-state index is 0.0959. The molecule has 1 aromatic rings. The number of hydrogen-bond donors (Lipinski definition) is 1. The third-order valence-corrected chi connectivity index (χ3v) is 4.11. The summed E-state index contributed by atoms with van der Waals surface area (Å²) in [6.07, 6.45) is 2.33. The van der Waals surface area contributed by atoms with Crippen LogP contribution in [0.3, 0.4) is 0 Å². The Hall–Kier alpha value is -0.860. The van der Waals surface area contributed by atoms with Gasteiger partial charge in [0.2, 0.25) is 0 Å². The molecule has 0 spiro atoms. The van der Waals surface area contributed by atoms with Crippen molar-refractivity contribution in [3.63, 3.8) is 0 Å². The average Bonchev–Trinajstić information content (AvgIpc) is 2.31. The molecule has 1 aliphatic rings. The summed E-state index contributed by atoms with van der Waals surface area (Å²) in [5, 5.41) is 0. The number of nitrogens with two attached hydrogens (primary N) is 1. The van der Waals surface area contributed by atoms with Gasteiger partial charge in [-0.05, 0) is 42.2 Å². The SMILES string of the molecule is CCOC(C(N)CC1Cc2ccccc21)C(C)(C)C. The van der Waals surface area contributed by atoms with E-state index in [1.54, 1.807) is 0 Å². The maximum atomic E-state index is 6.43. The van der Waals surface area contributed by atoms with Crippen LogP contribution in [0.25, 0.3) is 0 Å². The molecule has 3 unspecified atom stereocenters. The van der Waals surface area contributed by atoms with E-state index < -0.39 is 0 Å². The van der Waals surface area contributed by atoms with Crippen LogP contribution in [-0.4, -0.2) is 18.8 Å². The van der Waals surface area contributed by atoms with Gasteiger partial charge in [-0.25, -0.2) is 0 Å². The summed E-state index contributed by atoms with van der Waals surface area (Å²) < 4.78 is 5.90. The first-order valence-electron chi connectivity index (χ1n) is 7.38. The van der Waals surface area contributed by atoms with Crippen LogP contribution in [0.1, 0.15) is 51.2 Å². The van der Waals surface area contributed by atoms with Crippen molar-refractivity contribution in [1.29, 1.82) is 0 Å². The van der Waals surface area contributed by atoms with Crippen LogP contribution in [0.15, 0.2) is 24.3 Å². The first-order valence-corrected chi connectivity index (χ1v) is 7.38. The minimum absolute atomic E-state index is 0.0959. The van der Waals surface area contributed by atoms with Gasteiger partial charge in [0.25, 0.3) is 0 Å². The Labute approximate surface area is 117 Å². The monoisotopic (exact) mass is 261 g/mol. The molecule has 0 aliphatic heterocycles. The Morgan fingerprint density at radius 1 is 1.32 bits per heavy atom. The fourth-order valence-electron chi connectivity index (χ4n) is 3.22. The number of fused-ring (bicyclic) bond motifs is 1. The Kier molecular flexibility index (Phi) is 4.32. The van der Waals surface area contributed by atoms with E-state index in [-0.39, 0.29) is 17.6 Å². The maximum absolute atomic E-state index is 6.43. The molecule has 1 aromatic carbocycles. The molecule has 0 saturated heterocycles. The lowest BCUT2D eigenvalue weighted by Crippen LogP contribution is -2.46. The van der Waals surface area contributed by atoms with Gasteiger partial charge >= 0.3 is 0 Å². The van der Waals surface area contributed by atoms with Crippen molar-refractivity contribution < 1.29 is 4.74 Å². The van der Waals surface area contributed by atoms with Crippen LogP contribution in [0.2, 0.25) is 0 Å². The van der Waals surface area contributed by atoms with E-state index in [0.29, 0.717) is 5.92 Å². The molecule has 106 valence electrons. The molecule has 0 bridgehead atoms. The standard InChI is InChI=1S/C17H27NO/c1-5-19-16(17(2,3)4)15(18)11-13-10-12-8-6-7-9-14(12)13/h6-9,13,15-16H,5,10-11,18H2,1-4H3. The summed E-state index contributed by atoms with van der Waals surface area (Å²) in [6.45, 7) is 9.41. The lowest BCUT2D eigenvalue weighted by molar-refractivity contribution is -0.0306. The summed E-state index contributed by atoms with van der Waals surface area (Å²) in [5.74, 6) is 0.622. The molecule has 0 aromatic heterocycles. The van der Waals surface area contributed by atoms with Gasteiger partial charge in [0.1, 0.15) is 0 Å². The number of benzene rings is 1. The van der Waals surface area contributed by atoms with E-state index in [0.717, 1.165) is 13.0 Å². The molecular weight excluding hydrogens is 234 g/mol. The summed E-state index contributed by atoms with van der Waals surface area (Å²) in [7, 11) is 0. The van der Waals surface area contributed by atoms with Crippen molar-refractivity contribution in [2.75, 3.05) is 6.61 Å². The fourth-order valence-corrected chi connectivity index (χ4v) is 3.22. The largest absolute Gasteiger partial charge is 0.376 e. The quantitative estimate of drug-likeness (QED) is 0.880. The van der Waals surface area contributed by atoms with Crippen molar-refractivity contribution in [2.24, 2.45) is 11.1 Å². The van der Waals surface area contributed by atoms with Crippen LogP contribution in [0.5, 0.6) is 0 Å². The molecule has 2 heteroatoms. The van der Waals surface area contributed by atoms with Crippen molar-refractivity contribution in [3.8, 4) is 0 Å². The zero-order valence-electron chi connectivity index (χ0n) is 12.6. The lowest BCUT2D eigenvalue weighted by atomic mass is 9.72. The van der Waals surface area contributed by atoms with Gasteiger partial charge in [0.05, 0.1) is 6.10 Å². The lowest BCUT2D eigenvalue weighted by Gasteiger charge is -2.39. The second-order valence-corrected chi connectivity index (χ2v) is 6.74. The Bertz CT molecular complexity index is 422. The predicted octanol–water partition coefficient (Wildman–Crippen LogP) is 3.49. The summed E-state index contributed by atoms with van der Waals surface area (Å²) in [6, 6.07) is 8.82. The van der Waals surface area contributed by atoms with Crippen LogP contribution in [0.4, 0.5) is 0 Å². The molecule has 2 N–H and O–H groups in total. The third kappa shape index (κ3) is 3.18. The molecule has 1 aliphatic carbocycles. The molecule has 0 saturated carbocycles. The second-order valence-electron chi connectivity index (χ2n) is 6.74. The highest BCUT2D eigenvalue weighted by atomic mass is 16.5. The van der Waals surface area contributed by atoms with Crippen molar-refractivity contribution >= 4 is 0 Å². The van der Waals surface area contributed by atoms with E-state index in [9.17, 15) is 0 Å². The second kappa shape index (κ2) is 5.64. The summed E-state index contributed by atoms with van der Waals surface area (Å²) in [4.78, 5) is 0. The molecule has 0 amide bonds. The van der Waals surface area contributed by atoms with E-state index in [2.05, 4.69) is 45.0 Å². The van der Waals surface area contributed by atoms with E-state index in [1.807, 2.05) is 6.92 Å². The van der Waals surface area contributed by atoms with Crippen LogP contribution in [0, 0.1) is 5.41 Å². The van der Waals surface area contributed by atoms with Crippen molar-refractivity contribution in [2.45, 2.75) is 58.6 Å². The van der Waals surface area contributed by atoms with Gasteiger partial charge in [0, 0.05) is 12.6 Å². The highest BCUT2D eigenvalue weighted by Crippen LogP contribution is 2.39. The summed E-state index contributed by atoms with van der Waals surface area (Å²) in [5.41, 5.74) is 9.51. The van der Waals surface area contributed by atoms with Crippen LogP contribution >= 0.6 is 0 Å². The molecule has 0 heterocycles. The van der Waals surface area contributed by atoms with Crippen LogP contribution < -0.4 is 5.73 Å². The Morgan fingerprint density at radius 3 is 2.58 bits per heavy atom. The number of ether oxygens (including phenoxy) is 1. The van der Waals surface area contributed by atoms with Gasteiger partial charge in [-0.15, -0.1) is 0 Å². The highest BCUT2D eigenvalue weighted by Gasteiger charge is 2.35. The van der Waals surface area contributed by atoms with Gasteiger partial charge in [0.15, 0.2) is 0 Å². The summed E-state index contributed by atoms with van der Waals surface area (Å²) >= 11 is 0. The molecule has 19 heavy (non-hydrogen) atoms. The topological polar surface area (TPSA) is 35.2 Å². The molecule has 0 radical (unpaired) electrons. The highest BCUT2D eigenvalue weighted by molar-refractivity contribution is 5.39. The zero-order chi connectivity index (χ0) is 14.0. The van der Waals surface area contributed by atoms with Crippen LogP contribution in [-0.2, 0) is 11.2 Å². The number of rotatable bonds is 5. The Morgan fingerprint density at radius 2 is 2.00 bits per heavy atom. The number of hydrogen-bond acceptors (Lipinski definition) is 2. The average molecular weight is 261 g/mol. The van der Waals surface area contributed by atoms with E-state index in [1.165, 1.54) is 17.5 Å². The molecule has 2 rings (SSSR count). The third-order valence-electron chi connectivity index (χ3n) is 4.11. The van der Waals surface area contributed by atoms with Gasteiger partial charge < -0.3 is 10.5 Å². The first-order chi connectivity index (χ1) is 8.93. The molecular formula is C17H27NO. The molecule has 0 fully saturated rings. The minimum Gasteiger partial charge on any atom is -0.376 e. The fraction of sp³-hybridized carbons (Fsp3) is 0.647. The predicted molar refractivity (Wildman–Crippen MR) is 80.3 cm³/mol. The van der Waals surface area contributed by atoms with Crippen molar-refractivity contribution in [3.05, 3.63) is 35.4 Å².